The van der Waals surface area contributed by atoms with Crippen LogP contribution in [0.2, 0.25) is 0 Å². The number of aliphatic hydroxyl groups is 1. The van der Waals surface area contributed by atoms with Crippen LogP contribution in [0, 0.1) is 5.92 Å². The molecule has 0 aliphatic carbocycles. The number of carbonyl (C=O) groups is 1. The Labute approximate surface area is 107 Å². The van der Waals surface area contributed by atoms with Gasteiger partial charge in [0.1, 0.15) is 0 Å². The minimum atomic E-state index is -0.343. The Balaban J connectivity index is 1.96. The summed E-state index contributed by atoms with van der Waals surface area (Å²) in [4.78, 5) is 13.9. The lowest BCUT2D eigenvalue weighted by Crippen LogP contribution is -2.31. The van der Waals surface area contributed by atoms with Crippen LogP contribution in [0.5, 0.6) is 0 Å². The van der Waals surface area contributed by atoms with E-state index in [9.17, 15) is 9.90 Å². The monoisotopic (exact) mass is 248 g/mol. The number of amides is 1. The highest BCUT2D eigenvalue weighted by atomic mass is 16.3. The second-order valence-electron chi connectivity index (χ2n) is 5.00. The summed E-state index contributed by atoms with van der Waals surface area (Å²) >= 11 is 0. The lowest BCUT2D eigenvalue weighted by molar-refractivity contribution is -0.129. The maximum atomic E-state index is 12.1. The van der Waals surface area contributed by atoms with Gasteiger partial charge in [-0.1, -0.05) is 18.2 Å². The van der Waals surface area contributed by atoms with E-state index >= 15 is 0 Å². The molecule has 18 heavy (non-hydrogen) atoms. The van der Waals surface area contributed by atoms with E-state index < -0.39 is 0 Å². The molecule has 1 heterocycles. The SMILES string of the molecule is CC(O)C1CCN(C(=O)Cc2ccccc2N)C1. The van der Waals surface area contributed by atoms with E-state index in [2.05, 4.69) is 0 Å². The summed E-state index contributed by atoms with van der Waals surface area (Å²) < 4.78 is 0. The van der Waals surface area contributed by atoms with Gasteiger partial charge in [-0.05, 0) is 25.0 Å². The number of benzene rings is 1. The first kappa shape index (κ1) is 12.9. The van der Waals surface area contributed by atoms with Crippen LogP contribution in [0.25, 0.3) is 0 Å². The first-order valence-corrected chi connectivity index (χ1v) is 6.37. The van der Waals surface area contributed by atoms with Crippen LogP contribution in [0.15, 0.2) is 24.3 Å². The number of anilines is 1. The molecule has 1 amide bonds. The topological polar surface area (TPSA) is 66.6 Å². The molecule has 3 N–H and O–H groups in total. The number of nitrogens with two attached hydrogens (primary N) is 1. The Morgan fingerprint density at radius 1 is 1.56 bits per heavy atom. The number of nitrogens with zero attached hydrogens (tertiary/aromatic N) is 1. The summed E-state index contributed by atoms with van der Waals surface area (Å²) in [6.45, 7) is 3.18. The summed E-state index contributed by atoms with van der Waals surface area (Å²) in [5.41, 5.74) is 7.37. The molecule has 4 heteroatoms. The molecule has 2 rings (SSSR count). The molecule has 2 unspecified atom stereocenters. The number of nitrogen functional groups attached to an aromatic ring is 1. The second-order valence-corrected chi connectivity index (χ2v) is 5.00. The molecule has 4 nitrogen and oxygen atoms in total. The van der Waals surface area contributed by atoms with Gasteiger partial charge in [-0.15, -0.1) is 0 Å². The van der Waals surface area contributed by atoms with Crippen LogP contribution in [0.3, 0.4) is 0 Å². The Kier molecular flexibility index (Phi) is 3.87. The zero-order valence-corrected chi connectivity index (χ0v) is 10.7. The van der Waals surface area contributed by atoms with Crippen LogP contribution in [0.4, 0.5) is 5.69 Å². The molecule has 0 bridgehead atoms. The van der Waals surface area contributed by atoms with Crippen molar-refractivity contribution in [3.63, 3.8) is 0 Å². The number of carbonyl (C=O) groups excluding carboxylic acids is 1. The van der Waals surface area contributed by atoms with Gasteiger partial charge in [0.2, 0.25) is 5.91 Å². The fourth-order valence-corrected chi connectivity index (χ4v) is 2.38. The molecule has 1 aromatic carbocycles. The van der Waals surface area contributed by atoms with Crippen LogP contribution in [-0.4, -0.2) is 35.1 Å². The summed E-state index contributed by atoms with van der Waals surface area (Å²) in [5.74, 6) is 0.304. The number of aliphatic hydroxyl groups excluding tert-OH is 1. The maximum Gasteiger partial charge on any atom is 0.227 e. The van der Waals surface area contributed by atoms with Crippen molar-refractivity contribution in [2.75, 3.05) is 18.8 Å². The predicted octanol–water partition coefficient (Wildman–Crippen LogP) is 1.04. The molecule has 2 atom stereocenters. The third-order valence-corrected chi connectivity index (χ3v) is 3.66. The Bertz CT molecular complexity index is 432. The Morgan fingerprint density at radius 2 is 2.28 bits per heavy atom. The highest BCUT2D eigenvalue weighted by Crippen LogP contribution is 2.21. The molecule has 0 aromatic heterocycles. The third-order valence-electron chi connectivity index (χ3n) is 3.66. The number of rotatable bonds is 3. The van der Waals surface area contributed by atoms with Gasteiger partial charge in [0.25, 0.3) is 0 Å². The van der Waals surface area contributed by atoms with Crippen LogP contribution in [0.1, 0.15) is 18.9 Å². The van der Waals surface area contributed by atoms with Crippen molar-refractivity contribution in [3.8, 4) is 0 Å². The molecule has 0 spiro atoms. The fraction of sp³-hybridized carbons (Fsp3) is 0.500. The van der Waals surface area contributed by atoms with E-state index in [-0.39, 0.29) is 17.9 Å². The molecule has 1 fully saturated rings. The van der Waals surface area contributed by atoms with Crippen molar-refractivity contribution in [1.29, 1.82) is 0 Å². The van der Waals surface area contributed by atoms with E-state index in [1.165, 1.54) is 0 Å². The number of hydrogen-bond acceptors (Lipinski definition) is 3. The first-order valence-electron chi connectivity index (χ1n) is 6.37. The predicted molar refractivity (Wildman–Crippen MR) is 70.9 cm³/mol. The molecular weight excluding hydrogens is 228 g/mol. The molecular formula is C14H20N2O2. The van der Waals surface area contributed by atoms with Gasteiger partial charge in [0, 0.05) is 24.7 Å². The molecule has 1 aromatic rings. The average Bonchev–Trinajstić information content (AvgIpc) is 2.81. The van der Waals surface area contributed by atoms with Crippen molar-refractivity contribution in [3.05, 3.63) is 29.8 Å². The van der Waals surface area contributed by atoms with E-state index in [4.69, 9.17) is 5.73 Å². The third kappa shape index (κ3) is 2.82. The van der Waals surface area contributed by atoms with Crippen molar-refractivity contribution >= 4 is 11.6 Å². The Hall–Kier alpha value is -1.55. The number of para-hydroxylation sites is 1. The number of hydrogen-bond donors (Lipinski definition) is 2. The van der Waals surface area contributed by atoms with E-state index in [1.807, 2.05) is 29.2 Å². The second kappa shape index (κ2) is 5.40. The van der Waals surface area contributed by atoms with Gasteiger partial charge in [-0.3, -0.25) is 4.79 Å². The molecule has 98 valence electrons. The van der Waals surface area contributed by atoms with Crippen molar-refractivity contribution in [2.24, 2.45) is 5.92 Å². The van der Waals surface area contributed by atoms with E-state index in [0.717, 1.165) is 18.5 Å². The van der Waals surface area contributed by atoms with E-state index in [1.54, 1.807) is 6.92 Å². The van der Waals surface area contributed by atoms with Crippen LogP contribution in [-0.2, 0) is 11.2 Å². The van der Waals surface area contributed by atoms with Gasteiger partial charge >= 0.3 is 0 Å². The van der Waals surface area contributed by atoms with Crippen LogP contribution >= 0.6 is 0 Å². The smallest absolute Gasteiger partial charge is 0.227 e. The van der Waals surface area contributed by atoms with Crippen molar-refractivity contribution in [2.45, 2.75) is 25.9 Å². The van der Waals surface area contributed by atoms with Gasteiger partial charge in [-0.25, -0.2) is 0 Å². The van der Waals surface area contributed by atoms with Gasteiger partial charge in [-0.2, -0.15) is 0 Å². The van der Waals surface area contributed by atoms with Gasteiger partial charge < -0.3 is 15.7 Å². The lowest BCUT2D eigenvalue weighted by atomic mass is 10.0. The standard InChI is InChI=1S/C14H20N2O2/c1-10(17)12-6-7-16(9-12)14(18)8-11-4-2-3-5-13(11)15/h2-5,10,12,17H,6-9,15H2,1H3. The highest BCUT2D eigenvalue weighted by molar-refractivity contribution is 5.80. The summed E-state index contributed by atoms with van der Waals surface area (Å²) in [6, 6.07) is 7.45. The quantitative estimate of drug-likeness (QED) is 0.785. The molecule has 0 radical (unpaired) electrons. The minimum absolute atomic E-state index is 0.0936. The molecule has 1 aliphatic heterocycles. The normalized spacial score (nSPS) is 21.0. The largest absolute Gasteiger partial charge is 0.398 e. The van der Waals surface area contributed by atoms with E-state index in [0.29, 0.717) is 18.7 Å². The summed E-state index contributed by atoms with van der Waals surface area (Å²) in [7, 11) is 0. The molecule has 1 saturated heterocycles. The van der Waals surface area contributed by atoms with Gasteiger partial charge in [0.05, 0.1) is 12.5 Å². The fourth-order valence-electron chi connectivity index (χ4n) is 2.38. The average molecular weight is 248 g/mol. The maximum absolute atomic E-state index is 12.1. The summed E-state index contributed by atoms with van der Waals surface area (Å²) in [6.07, 6.45) is 0.886. The molecule has 0 saturated carbocycles. The number of likely N-dealkylation sites (tertiary alicyclic amines) is 1. The highest BCUT2D eigenvalue weighted by Gasteiger charge is 2.28. The Morgan fingerprint density at radius 3 is 2.89 bits per heavy atom. The lowest BCUT2D eigenvalue weighted by Gasteiger charge is -2.18. The zero-order chi connectivity index (χ0) is 13.1. The zero-order valence-electron chi connectivity index (χ0n) is 10.7. The summed E-state index contributed by atoms with van der Waals surface area (Å²) in [5, 5.41) is 9.53. The molecule has 1 aliphatic rings. The minimum Gasteiger partial charge on any atom is -0.398 e. The van der Waals surface area contributed by atoms with Crippen molar-refractivity contribution in [1.82, 2.24) is 4.90 Å². The van der Waals surface area contributed by atoms with Crippen LogP contribution < -0.4 is 5.73 Å². The van der Waals surface area contributed by atoms with Gasteiger partial charge in [0.15, 0.2) is 0 Å². The van der Waals surface area contributed by atoms with Crippen molar-refractivity contribution < 1.29 is 9.90 Å². The first-order chi connectivity index (χ1) is 8.58.